The summed E-state index contributed by atoms with van der Waals surface area (Å²) >= 11 is 0. The van der Waals surface area contributed by atoms with Gasteiger partial charge in [-0.3, -0.25) is 4.98 Å². The van der Waals surface area contributed by atoms with Crippen molar-refractivity contribution in [3.63, 3.8) is 0 Å². The number of rotatable bonds is 4. The Morgan fingerprint density at radius 1 is 0.311 bits per heavy atom. The molecule has 0 N–H and O–H groups in total. The Morgan fingerprint density at radius 3 is 1.54 bits per heavy atom. The highest BCUT2D eigenvalue weighted by Crippen LogP contribution is 2.52. The lowest BCUT2D eigenvalue weighted by Gasteiger charge is -2.22. The second-order valence-electron chi connectivity index (χ2n) is 21.6. The second-order valence-corrected chi connectivity index (χ2v) is 21.6. The predicted octanol–water partition coefficient (Wildman–Crippen LogP) is 19.0. The highest BCUT2D eigenvalue weighted by Gasteiger charge is 2.37. The number of furan rings is 2. The predicted molar refractivity (Wildman–Crippen MR) is 306 cm³/mol. The largest absolute Gasteiger partial charge is 0.456 e. The zero-order valence-electron chi connectivity index (χ0n) is 41.3. The van der Waals surface area contributed by atoms with Crippen molar-refractivity contribution in [2.45, 2.75) is 38.5 Å². The number of aromatic nitrogens is 2. The van der Waals surface area contributed by atoms with Crippen LogP contribution in [0.25, 0.3) is 143 Å². The minimum Gasteiger partial charge on any atom is -0.456 e. The van der Waals surface area contributed by atoms with Crippen LogP contribution in [-0.2, 0) is 10.8 Å². The molecule has 2 aliphatic carbocycles. The van der Waals surface area contributed by atoms with E-state index in [1.54, 1.807) is 0 Å². The lowest BCUT2D eigenvalue weighted by Crippen LogP contribution is -2.14. The Bertz CT molecular complexity index is 4760. The molecule has 0 fully saturated rings. The molecule has 16 rings (SSSR count). The molecule has 4 heteroatoms. The van der Waals surface area contributed by atoms with Crippen LogP contribution in [0.15, 0.2) is 215 Å². The molecule has 74 heavy (non-hydrogen) atoms. The molecule has 14 aromatic rings. The monoisotopic (exact) mass is 946 g/mol. The molecule has 0 radical (unpaired) electrons. The summed E-state index contributed by atoms with van der Waals surface area (Å²) in [5.41, 5.74) is 24.1. The summed E-state index contributed by atoms with van der Waals surface area (Å²) in [5, 5.41) is 8.80. The van der Waals surface area contributed by atoms with Crippen LogP contribution in [0.4, 0.5) is 0 Å². The fourth-order valence-corrected chi connectivity index (χ4v) is 13.1. The molecule has 0 unspecified atom stereocenters. The molecule has 0 spiro atoms. The summed E-state index contributed by atoms with van der Waals surface area (Å²) in [5.74, 6) is 0. The summed E-state index contributed by atoms with van der Waals surface area (Å²) in [4.78, 5) is 10.5. The van der Waals surface area contributed by atoms with Crippen LogP contribution in [0, 0.1) is 0 Å². The van der Waals surface area contributed by atoms with Crippen molar-refractivity contribution < 1.29 is 8.83 Å². The Labute approximate surface area is 427 Å². The van der Waals surface area contributed by atoms with Crippen LogP contribution in [0.1, 0.15) is 49.9 Å². The lowest BCUT2D eigenvalue weighted by molar-refractivity contribution is 0.656. The fourth-order valence-electron chi connectivity index (χ4n) is 13.1. The van der Waals surface area contributed by atoms with Crippen LogP contribution in [-0.4, -0.2) is 9.97 Å². The summed E-state index contributed by atoms with van der Waals surface area (Å²) in [6, 6.07) is 73.1. The summed E-state index contributed by atoms with van der Waals surface area (Å²) < 4.78 is 13.7. The Hall–Kier alpha value is -9.12. The van der Waals surface area contributed by atoms with E-state index in [-0.39, 0.29) is 10.8 Å². The van der Waals surface area contributed by atoms with Crippen LogP contribution < -0.4 is 0 Å². The molecule has 348 valence electrons. The first-order valence-electron chi connectivity index (χ1n) is 25.7. The maximum Gasteiger partial charge on any atom is 0.143 e. The third-order valence-electron chi connectivity index (χ3n) is 16.9. The standard InChI is InChI=1S/C70H46N2O2/c1-69(2)58-22-11-9-18-47(58)49-27-24-40(34-60(49)69)39-26-29-63-54(31-39)55-36-56-57-33-44(41-25-28-50-48-19-10-12-23-59(48)70(3,4)61(50)35-41)32-53(68(57)74-65(56)37-64(55)73-63)42-14-13-15-43(30-42)62-38-71-66-51-20-7-5-16-45(51)46-17-6-8-21-52(46)67(66)72-62/h5-38H,1-4H3. The van der Waals surface area contributed by atoms with Gasteiger partial charge in [0.25, 0.3) is 0 Å². The smallest absolute Gasteiger partial charge is 0.143 e. The van der Waals surface area contributed by atoms with Gasteiger partial charge in [0, 0.05) is 60.3 Å². The van der Waals surface area contributed by atoms with E-state index in [0.717, 1.165) is 105 Å². The third-order valence-corrected chi connectivity index (χ3v) is 16.9. The molecule has 0 amide bonds. The van der Waals surface area contributed by atoms with Crippen molar-refractivity contribution >= 4 is 76.5 Å². The quantitative estimate of drug-likeness (QED) is 0.165. The molecule has 3 aromatic heterocycles. The van der Waals surface area contributed by atoms with Crippen molar-refractivity contribution in [2.24, 2.45) is 0 Å². The molecule has 11 aromatic carbocycles. The first-order valence-corrected chi connectivity index (χ1v) is 25.7. The van der Waals surface area contributed by atoms with Gasteiger partial charge in [0.1, 0.15) is 22.3 Å². The maximum absolute atomic E-state index is 7.07. The molecule has 0 atom stereocenters. The van der Waals surface area contributed by atoms with Crippen molar-refractivity contribution in [3.05, 3.63) is 229 Å². The normalized spacial score (nSPS) is 14.2. The van der Waals surface area contributed by atoms with Gasteiger partial charge in [-0.05, 0) is 132 Å². The summed E-state index contributed by atoms with van der Waals surface area (Å²) in [7, 11) is 0. The van der Waals surface area contributed by atoms with E-state index < -0.39 is 0 Å². The first-order chi connectivity index (χ1) is 36.2. The van der Waals surface area contributed by atoms with Gasteiger partial charge in [0.05, 0.1) is 22.9 Å². The minimum atomic E-state index is -0.141. The minimum absolute atomic E-state index is 0.0854. The van der Waals surface area contributed by atoms with Crippen molar-refractivity contribution in [1.29, 1.82) is 0 Å². The Kier molecular flexibility index (Phi) is 8.27. The molecular weight excluding hydrogens is 901 g/mol. The van der Waals surface area contributed by atoms with Gasteiger partial charge in [-0.15, -0.1) is 0 Å². The zero-order chi connectivity index (χ0) is 49.2. The second kappa shape index (κ2) is 14.7. The molecule has 0 saturated carbocycles. The van der Waals surface area contributed by atoms with E-state index in [2.05, 4.69) is 228 Å². The van der Waals surface area contributed by atoms with Gasteiger partial charge < -0.3 is 8.83 Å². The van der Waals surface area contributed by atoms with Crippen molar-refractivity contribution in [3.8, 4) is 66.9 Å². The first kappa shape index (κ1) is 41.5. The van der Waals surface area contributed by atoms with E-state index in [4.69, 9.17) is 18.8 Å². The van der Waals surface area contributed by atoms with E-state index in [0.29, 0.717) is 0 Å². The Morgan fingerprint density at radius 2 is 0.838 bits per heavy atom. The van der Waals surface area contributed by atoms with Gasteiger partial charge in [-0.25, -0.2) is 4.98 Å². The highest BCUT2D eigenvalue weighted by molar-refractivity contribution is 6.23. The van der Waals surface area contributed by atoms with Gasteiger partial charge in [0.15, 0.2) is 0 Å². The topological polar surface area (TPSA) is 52.1 Å². The fraction of sp³-hybridized carbons (Fsp3) is 0.0857. The molecular formula is C70H46N2O2. The van der Waals surface area contributed by atoms with Crippen LogP contribution in [0.3, 0.4) is 0 Å². The number of nitrogens with zero attached hydrogens (tertiary/aromatic N) is 2. The number of hydrogen-bond donors (Lipinski definition) is 0. The number of hydrogen-bond acceptors (Lipinski definition) is 4. The molecule has 0 bridgehead atoms. The Balaban J connectivity index is 0.880. The van der Waals surface area contributed by atoms with Crippen LogP contribution in [0.5, 0.6) is 0 Å². The molecule has 3 heterocycles. The highest BCUT2D eigenvalue weighted by atomic mass is 16.3. The van der Waals surface area contributed by atoms with Crippen LogP contribution >= 0.6 is 0 Å². The number of fused-ring (bicyclic) bond motifs is 18. The van der Waals surface area contributed by atoms with E-state index in [1.807, 2.05) is 6.20 Å². The summed E-state index contributed by atoms with van der Waals surface area (Å²) in [6.07, 6.45) is 1.93. The molecule has 0 saturated heterocycles. The van der Waals surface area contributed by atoms with Crippen LogP contribution in [0.2, 0.25) is 0 Å². The maximum atomic E-state index is 7.07. The lowest BCUT2D eigenvalue weighted by atomic mass is 9.81. The molecule has 2 aliphatic rings. The van der Waals surface area contributed by atoms with E-state index in [9.17, 15) is 0 Å². The summed E-state index contributed by atoms with van der Waals surface area (Å²) in [6.45, 7) is 9.38. The van der Waals surface area contributed by atoms with Gasteiger partial charge in [-0.1, -0.05) is 173 Å². The van der Waals surface area contributed by atoms with Crippen molar-refractivity contribution in [2.75, 3.05) is 0 Å². The SMILES string of the molecule is CC1(C)c2ccccc2-c2ccc(-c3ccc4oc5cc6oc7c(-c8cccc(-c9cnc%10c%11ccccc%11c%11ccccc%11c%10n9)c8)cc(-c8ccc9c(c8)C(C)(C)c8ccccc8-9)cc7c6cc5c4c3)cc21. The van der Waals surface area contributed by atoms with E-state index >= 15 is 0 Å². The average molecular weight is 947 g/mol. The third kappa shape index (κ3) is 5.74. The zero-order valence-corrected chi connectivity index (χ0v) is 41.3. The van der Waals surface area contributed by atoms with Gasteiger partial charge in [0.2, 0.25) is 0 Å². The number of benzene rings is 11. The van der Waals surface area contributed by atoms with E-state index in [1.165, 1.54) is 60.8 Å². The van der Waals surface area contributed by atoms with Crippen molar-refractivity contribution in [1.82, 2.24) is 9.97 Å². The average Bonchev–Trinajstić information content (AvgIpc) is 4.13. The van der Waals surface area contributed by atoms with Gasteiger partial charge in [-0.2, -0.15) is 0 Å². The molecule has 4 nitrogen and oxygen atoms in total. The molecule has 0 aliphatic heterocycles. The van der Waals surface area contributed by atoms with Gasteiger partial charge >= 0.3 is 0 Å².